The Hall–Kier alpha value is -2.18. The van der Waals surface area contributed by atoms with Crippen molar-refractivity contribution >= 4 is 28.6 Å². The van der Waals surface area contributed by atoms with Gasteiger partial charge in [0.05, 0.1) is 6.04 Å². The topological polar surface area (TPSA) is 51.1 Å². The highest BCUT2D eigenvalue weighted by Crippen LogP contribution is 2.27. The average molecular weight is 330 g/mol. The van der Waals surface area contributed by atoms with Gasteiger partial charge in [0.2, 0.25) is 0 Å². The molecule has 0 unspecified atom stereocenters. The number of thiophene rings is 2. The lowest BCUT2D eigenvalue weighted by atomic mass is 10.1. The second-order valence-electron chi connectivity index (χ2n) is 4.82. The summed E-state index contributed by atoms with van der Waals surface area (Å²) >= 11 is 3.16. The van der Waals surface area contributed by atoms with Gasteiger partial charge in [0.25, 0.3) is 11.5 Å². The number of hydrogen-bond donors (Lipinski definition) is 1. The fraction of sp³-hybridized carbons (Fsp3) is 0.125. The monoisotopic (exact) mass is 330 g/mol. The standard InChI is InChI=1S/C16H14N2O2S2/c1-18-7-2-4-12(16(18)20)15(19)17-14(11-6-9-21-10-11)13-5-3-8-22-13/h2-10,14H,1H3,(H,17,19)/t14-/m0/s1. The number of pyridine rings is 1. The molecule has 1 N–H and O–H groups in total. The Morgan fingerprint density at radius 3 is 2.77 bits per heavy atom. The molecular formula is C16H14N2O2S2. The molecule has 3 aromatic heterocycles. The molecule has 4 nitrogen and oxygen atoms in total. The van der Waals surface area contributed by atoms with Crippen molar-refractivity contribution in [1.82, 2.24) is 9.88 Å². The third-order valence-electron chi connectivity index (χ3n) is 3.35. The van der Waals surface area contributed by atoms with Crippen LogP contribution < -0.4 is 10.9 Å². The van der Waals surface area contributed by atoms with Gasteiger partial charge >= 0.3 is 0 Å². The van der Waals surface area contributed by atoms with Gasteiger partial charge in [-0.1, -0.05) is 6.07 Å². The normalized spacial score (nSPS) is 12.0. The number of carbonyl (C=O) groups is 1. The van der Waals surface area contributed by atoms with Crippen molar-refractivity contribution in [2.75, 3.05) is 0 Å². The predicted molar refractivity (Wildman–Crippen MR) is 89.6 cm³/mol. The second kappa shape index (κ2) is 6.29. The van der Waals surface area contributed by atoms with E-state index in [1.807, 2.05) is 34.3 Å². The second-order valence-corrected chi connectivity index (χ2v) is 6.58. The van der Waals surface area contributed by atoms with E-state index in [4.69, 9.17) is 0 Å². The van der Waals surface area contributed by atoms with Crippen LogP contribution >= 0.6 is 22.7 Å². The van der Waals surface area contributed by atoms with Crippen LogP contribution in [0, 0.1) is 0 Å². The summed E-state index contributed by atoms with van der Waals surface area (Å²) in [4.78, 5) is 25.6. The number of rotatable bonds is 4. The smallest absolute Gasteiger partial charge is 0.263 e. The summed E-state index contributed by atoms with van der Waals surface area (Å²) in [6.07, 6.45) is 1.63. The number of aryl methyl sites for hydroxylation is 1. The van der Waals surface area contributed by atoms with E-state index in [-0.39, 0.29) is 23.1 Å². The highest BCUT2D eigenvalue weighted by atomic mass is 32.1. The predicted octanol–water partition coefficient (Wildman–Crippen LogP) is 3.03. The molecule has 3 rings (SSSR count). The Morgan fingerprint density at radius 2 is 2.09 bits per heavy atom. The highest BCUT2D eigenvalue weighted by Gasteiger charge is 2.20. The molecule has 0 bridgehead atoms. The number of amides is 1. The van der Waals surface area contributed by atoms with Crippen LogP contribution in [0.15, 0.2) is 57.5 Å². The van der Waals surface area contributed by atoms with E-state index >= 15 is 0 Å². The summed E-state index contributed by atoms with van der Waals surface area (Å²) < 4.78 is 1.40. The van der Waals surface area contributed by atoms with Crippen molar-refractivity contribution in [1.29, 1.82) is 0 Å². The van der Waals surface area contributed by atoms with Gasteiger partial charge in [-0.05, 0) is 46.0 Å². The molecule has 0 spiro atoms. The van der Waals surface area contributed by atoms with Crippen LogP contribution in [0.2, 0.25) is 0 Å². The number of hydrogen-bond acceptors (Lipinski definition) is 4. The first-order valence-corrected chi connectivity index (χ1v) is 8.51. The Balaban J connectivity index is 1.93. The SMILES string of the molecule is Cn1cccc(C(=O)N[C@@H](c2ccsc2)c2cccs2)c1=O. The van der Waals surface area contributed by atoms with Crippen molar-refractivity contribution in [3.05, 3.63) is 79.0 Å². The zero-order chi connectivity index (χ0) is 15.5. The Kier molecular flexibility index (Phi) is 4.22. The third-order valence-corrected chi connectivity index (χ3v) is 4.99. The minimum atomic E-state index is -0.356. The number of carbonyl (C=O) groups excluding carboxylic acids is 1. The van der Waals surface area contributed by atoms with Gasteiger partial charge < -0.3 is 9.88 Å². The van der Waals surface area contributed by atoms with Gasteiger partial charge in [-0.2, -0.15) is 11.3 Å². The van der Waals surface area contributed by atoms with E-state index in [9.17, 15) is 9.59 Å². The van der Waals surface area contributed by atoms with E-state index in [0.717, 1.165) is 10.4 Å². The van der Waals surface area contributed by atoms with E-state index in [1.165, 1.54) is 4.57 Å². The zero-order valence-corrected chi connectivity index (χ0v) is 13.5. The van der Waals surface area contributed by atoms with Crippen LogP contribution in [0.25, 0.3) is 0 Å². The first-order valence-electron chi connectivity index (χ1n) is 6.69. The number of nitrogens with one attached hydrogen (secondary N) is 1. The molecule has 0 aliphatic rings. The van der Waals surface area contributed by atoms with Gasteiger partial charge in [-0.3, -0.25) is 9.59 Å². The van der Waals surface area contributed by atoms with Gasteiger partial charge in [0.15, 0.2) is 0 Å². The quantitative estimate of drug-likeness (QED) is 0.799. The first kappa shape index (κ1) is 14.7. The Morgan fingerprint density at radius 1 is 1.23 bits per heavy atom. The van der Waals surface area contributed by atoms with E-state index in [2.05, 4.69) is 5.32 Å². The molecule has 0 saturated heterocycles. The molecule has 1 amide bonds. The molecule has 112 valence electrons. The zero-order valence-electron chi connectivity index (χ0n) is 11.9. The molecule has 0 aliphatic carbocycles. The fourth-order valence-electron chi connectivity index (χ4n) is 2.19. The van der Waals surface area contributed by atoms with Gasteiger partial charge in [0.1, 0.15) is 5.56 Å². The van der Waals surface area contributed by atoms with Gasteiger partial charge in [-0.15, -0.1) is 11.3 Å². The number of nitrogens with zero attached hydrogens (tertiary/aromatic N) is 1. The summed E-state index contributed by atoms with van der Waals surface area (Å²) in [7, 11) is 1.63. The van der Waals surface area contributed by atoms with Crippen LogP contribution in [0.5, 0.6) is 0 Å². The number of aromatic nitrogens is 1. The summed E-state index contributed by atoms with van der Waals surface area (Å²) in [5.74, 6) is -0.356. The van der Waals surface area contributed by atoms with E-state index in [1.54, 1.807) is 48.1 Å². The lowest BCUT2D eigenvalue weighted by Gasteiger charge is -2.16. The van der Waals surface area contributed by atoms with Gasteiger partial charge in [0, 0.05) is 18.1 Å². The molecule has 22 heavy (non-hydrogen) atoms. The highest BCUT2D eigenvalue weighted by molar-refractivity contribution is 7.10. The molecular weight excluding hydrogens is 316 g/mol. The van der Waals surface area contributed by atoms with Crippen molar-refractivity contribution < 1.29 is 4.79 Å². The molecule has 3 aromatic rings. The fourth-order valence-corrected chi connectivity index (χ4v) is 3.68. The van der Waals surface area contributed by atoms with Crippen LogP contribution in [-0.2, 0) is 7.05 Å². The first-order chi connectivity index (χ1) is 10.7. The molecule has 0 radical (unpaired) electrons. The summed E-state index contributed by atoms with van der Waals surface area (Å²) in [6, 6.07) is 8.93. The minimum absolute atomic E-state index is 0.154. The van der Waals surface area contributed by atoms with Crippen molar-refractivity contribution in [3.63, 3.8) is 0 Å². The summed E-state index contributed by atoms with van der Waals surface area (Å²) in [5.41, 5.74) is 0.880. The summed E-state index contributed by atoms with van der Waals surface area (Å²) in [5, 5.41) is 8.93. The molecule has 0 saturated carbocycles. The Bertz CT molecular complexity index is 786. The van der Waals surface area contributed by atoms with Crippen LogP contribution in [-0.4, -0.2) is 10.5 Å². The van der Waals surface area contributed by atoms with E-state index < -0.39 is 0 Å². The van der Waals surface area contributed by atoms with Crippen LogP contribution in [0.4, 0.5) is 0 Å². The molecule has 0 aliphatic heterocycles. The molecule has 0 aromatic carbocycles. The van der Waals surface area contributed by atoms with Crippen LogP contribution in [0.3, 0.4) is 0 Å². The minimum Gasteiger partial charge on any atom is -0.340 e. The van der Waals surface area contributed by atoms with Crippen molar-refractivity contribution in [2.24, 2.45) is 7.05 Å². The maximum Gasteiger partial charge on any atom is 0.263 e. The van der Waals surface area contributed by atoms with Crippen LogP contribution in [0.1, 0.15) is 26.8 Å². The van der Waals surface area contributed by atoms with Crippen molar-refractivity contribution in [3.8, 4) is 0 Å². The van der Waals surface area contributed by atoms with Gasteiger partial charge in [-0.25, -0.2) is 0 Å². The summed E-state index contributed by atoms with van der Waals surface area (Å²) in [6.45, 7) is 0. The maximum atomic E-state index is 12.5. The molecule has 1 atom stereocenters. The molecule has 3 heterocycles. The molecule has 0 fully saturated rings. The van der Waals surface area contributed by atoms with Crippen molar-refractivity contribution in [2.45, 2.75) is 6.04 Å². The largest absolute Gasteiger partial charge is 0.340 e. The Labute approximate surface area is 135 Å². The molecule has 6 heteroatoms. The lowest BCUT2D eigenvalue weighted by Crippen LogP contribution is -2.34. The maximum absolute atomic E-state index is 12.5. The average Bonchev–Trinajstić information content (AvgIpc) is 3.20. The lowest BCUT2D eigenvalue weighted by molar-refractivity contribution is 0.0941. The van der Waals surface area contributed by atoms with E-state index in [0.29, 0.717) is 0 Å². The third kappa shape index (κ3) is 2.88.